The summed E-state index contributed by atoms with van der Waals surface area (Å²) >= 11 is 16.2. The second-order valence-electron chi connectivity index (χ2n) is 5.67. The first kappa shape index (κ1) is 20.6. The van der Waals surface area contributed by atoms with Crippen molar-refractivity contribution in [2.75, 3.05) is 12.3 Å². The van der Waals surface area contributed by atoms with E-state index >= 15 is 0 Å². The van der Waals surface area contributed by atoms with E-state index in [1.54, 1.807) is 12.1 Å². The third-order valence-corrected chi connectivity index (χ3v) is 4.85. The molecule has 1 aromatic carbocycles. The third kappa shape index (κ3) is 6.89. The summed E-state index contributed by atoms with van der Waals surface area (Å²) in [5, 5.41) is 7.29. The molecular formula is C16H25Cl2N3OS. The summed E-state index contributed by atoms with van der Waals surface area (Å²) in [7, 11) is 0. The molecule has 0 aromatic heterocycles. The predicted molar refractivity (Wildman–Crippen MR) is 101 cm³/mol. The Morgan fingerprint density at radius 3 is 2.65 bits per heavy atom. The van der Waals surface area contributed by atoms with Crippen LogP contribution in [0.15, 0.2) is 18.2 Å². The van der Waals surface area contributed by atoms with Crippen molar-refractivity contribution in [2.24, 2.45) is 11.7 Å². The lowest BCUT2D eigenvalue weighted by Crippen LogP contribution is -2.51. The van der Waals surface area contributed by atoms with E-state index in [2.05, 4.69) is 30.2 Å². The lowest BCUT2D eigenvalue weighted by molar-refractivity contribution is -0.124. The lowest BCUT2D eigenvalue weighted by Gasteiger charge is -2.25. The molecule has 0 saturated heterocycles. The summed E-state index contributed by atoms with van der Waals surface area (Å²) in [6.45, 7) is 5.01. The van der Waals surface area contributed by atoms with Crippen LogP contribution in [0.4, 0.5) is 0 Å². The lowest BCUT2D eigenvalue weighted by atomic mass is 9.98. The van der Waals surface area contributed by atoms with Gasteiger partial charge in [-0.15, -0.1) is 0 Å². The molecule has 4 nitrogen and oxygen atoms in total. The molecule has 23 heavy (non-hydrogen) atoms. The number of hydrogen-bond donors (Lipinski definition) is 4. The highest BCUT2D eigenvalue weighted by atomic mass is 35.5. The molecule has 130 valence electrons. The number of halogens is 2. The van der Waals surface area contributed by atoms with E-state index in [9.17, 15) is 4.79 Å². The van der Waals surface area contributed by atoms with Gasteiger partial charge in [0.2, 0.25) is 5.91 Å². The van der Waals surface area contributed by atoms with E-state index in [-0.39, 0.29) is 23.9 Å². The summed E-state index contributed by atoms with van der Waals surface area (Å²) in [6, 6.07) is 4.86. The van der Waals surface area contributed by atoms with Crippen molar-refractivity contribution < 1.29 is 4.79 Å². The van der Waals surface area contributed by atoms with E-state index in [4.69, 9.17) is 28.9 Å². The number of carbonyl (C=O) groups is 1. The number of nitrogens with one attached hydrogen (secondary N) is 2. The van der Waals surface area contributed by atoms with Crippen molar-refractivity contribution in [3.8, 4) is 0 Å². The largest absolute Gasteiger partial charge is 0.351 e. The maximum Gasteiger partial charge on any atom is 0.237 e. The van der Waals surface area contributed by atoms with Crippen LogP contribution in [0, 0.1) is 5.92 Å². The SMILES string of the molecule is CC[C@H](C)[C@@H](NCC(N)CS)C(=O)NCc1ccc(Cl)cc1Cl. The highest BCUT2D eigenvalue weighted by Gasteiger charge is 2.23. The molecule has 0 spiro atoms. The Kier molecular flexibility index (Phi) is 9.32. The van der Waals surface area contributed by atoms with E-state index in [1.165, 1.54) is 0 Å². The molecule has 1 rings (SSSR count). The topological polar surface area (TPSA) is 67.1 Å². The molecule has 4 N–H and O–H groups in total. The number of nitrogens with two attached hydrogens (primary N) is 1. The monoisotopic (exact) mass is 377 g/mol. The van der Waals surface area contributed by atoms with Crippen LogP contribution < -0.4 is 16.4 Å². The second kappa shape index (κ2) is 10.4. The third-order valence-electron chi connectivity index (χ3n) is 3.80. The van der Waals surface area contributed by atoms with Gasteiger partial charge in [0.1, 0.15) is 0 Å². The molecule has 0 radical (unpaired) electrons. The van der Waals surface area contributed by atoms with Gasteiger partial charge in [-0.1, -0.05) is 49.5 Å². The van der Waals surface area contributed by atoms with Gasteiger partial charge in [0, 0.05) is 34.9 Å². The first-order valence-corrected chi connectivity index (χ1v) is 9.09. The molecule has 0 heterocycles. The zero-order valence-corrected chi connectivity index (χ0v) is 15.9. The molecule has 0 saturated carbocycles. The maximum absolute atomic E-state index is 12.5. The summed E-state index contributed by atoms with van der Waals surface area (Å²) in [5.41, 5.74) is 6.69. The van der Waals surface area contributed by atoms with Gasteiger partial charge < -0.3 is 16.4 Å². The zero-order chi connectivity index (χ0) is 17.4. The van der Waals surface area contributed by atoms with Gasteiger partial charge in [-0.25, -0.2) is 0 Å². The number of benzene rings is 1. The highest BCUT2D eigenvalue weighted by molar-refractivity contribution is 7.80. The minimum atomic E-state index is -0.294. The number of hydrogen-bond acceptors (Lipinski definition) is 4. The van der Waals surface area contributed by atoms with Gasteiger partial charge in [-0.05, 0) is 23.6 Å². The van der Waals surface area contributed by atoms with Gasteiger partial charge in [-0.2, -0.15) is 12.6 Å². The molecule has 1 amide bonds. The van der Waals surface area contributed by atoms with Crippen LogP contribution in [-0.4, -0.2) is 30.3 Å². The fourth-order valence-corrected chi connectivity index (χ4v) is 2.69. The van der Waals surface area contributed by atoms with Gasteiger partial charge in [0.25, 0.3) is 0 Å². The Hall–Kier alpha value is -0.460. The first-order chi connectivity index (χ1) is 10.9. The van der Waals surface area contributed by atoms with Crippen molar-refractivity contribution in [1.82, 2.24) is 10.6 Å². The van der Waals surface area contributed by atoms with Crippen molar-refractivity contribution >= 4 is 41.7 Å². The van der Waals surface area contributed by atoms with E-state index < -0.39 is 0 Å². The number of thiol groups is 1. The second-order valence-corrected chi connectivity index (χ2v) is 6.88. The van der Waals surface area contributed by atoms with Gasteiger partial charge in [0.15, 0.2) is 0 Å². The average Bonchev–Trinajstić information content (AvgIpc) is 2.53. The van der Waals surface area contributed by atoms with Crippen LogP contribution in [0.2, 0.25) is 10.0 Å². The standard InChI is InChI=1S/C16H25Cl2N3OS/c1-3-10(2)15(20-8-13(19)9-23)16(22)21-7-11-4-5-12(17)6-14(11)18/h4-6,10,13,15,20,23H,3,7-9,19H2,1-2H3,(H,21,22)/t10-,13?,15+/m0/s1. The fourth-order valence-electron chi connectivity index (χ4n) is 2.09. The zero-order valence-electron chi connectivity index (χ0n) is 13.5. The van der Waals surface area contributed by atoms with Crippen LogP contribution in [0.5, 0.6) is 0 Å². The van der Waals surface area contributed by atoms with Crippen LogP contribution in [-0.2, 0) is 11.3 Å². The number of rotatable bonds is 9. The molecule has 0 fully saturated rings. The van der Waals surface area contributed by atoms with Gasteiger partial charge in [-0.3, -0.25) is 4.79 Å². The van der Waals surface area contributed by atoms with Crippen molar-refractivity contribution in [3.63, 3.8) is 0 Å². The summed E-state index contributed by atoms with van der Waals surface area (Å²) in [5.74, 6) is 0.710. The number of amides is 1. The number of carbonyl (C=O) groups excluding carboxylic acids is 1. The normalized spacial score (nSPS) is 15.0. The van der Waals surface area contributed by atoms with Crippen LogP contribution in [0.1, 0.15) is 25.8 Å². The minimum absolute atomic E-state index is 0.0586. The Labute approximate surface area is 153 Å². The summed E-state index contributed by atoms with van der Waals surface area (Å²) < 4.78 is 0. The maximum atomic E-state index is 12.5. The first-order valence-electron chi connectivity index (χ1n) is 7.70. The smallest absolute Gasteiger partial charge is 0.237 e. The molecule has 0 aliphatic heterocycles. The van der Waals surface area contributed by atoms with Crippen molar-refractivity contribution in [3.05, 3.63) is 33.8 Å². The quantitative estimate of drug-likeness (QED) is 0.500. The van der Waals surface area contributed by atoms with E-state index in [1.807, 2.05) is 13.0 Å². The van der Waals surface area contributed by atoms with Gasteiger partial charge in [0.05, 0.1) is 6.04 Å². The van der Waals surface area contributed by atoms with Gasteiger partial charge >= 0.3 is 0 Å². The minimum Gasteiger partial charge on any atom is -0.351 e. The van der Waals surface area contributed by atoms with Crippen LogP contribution in [0.25, 0.3) is 0 Å². The summed E-state index contributed by atoms with van der Waals surface area (Å²) in [6.07, 6.45) is 0.892. The predicted octanol–water partition coefficient (Wildman–Crippen LogP) is 2.87. The summed E-state index contributed by atoms with van der Waals surface area (Å²) in [4.78, 5) is 12.5. The molecule has 1 unspecified atom stereocenters. The average molecular weight is 378 g/mol. The molecule has 0 bridgehead atoms. The molecule has 1 aromatic rings. The fraction of sp³-hybridized carbons (Fsp3) is 0.562. The Balaban J connectivity index is 2.65. The van der Waals surface area contributed by atoms with Crippen molar-refractivity contribution in [2.45, 2.75) is 38.9 Å². The Morgan fingerprint density at radius 1 is 1.39 bits per heavy atom. The highest BCUT2D eigenvalue weighted by Crippen LogP contribution is 2.20. The Bertz CT molecular complexity index is 516. The Morgan fingerprint density at radius 2 is 2.09 bits per heavy atom. The molecule has 7 heteroatoms. The molecular weight excluding hydrogens is 353 g/mol. The molecule has 0 aliphatic rings. The van der Waals surface area contributed by atoms with E-state index in [0.717, 1.165) is 12.0 Å². The van der Waals surface area contributed by atoms with E-state index in [0.29, 0.717) is 28.9 Å². The van der Waals surface area contributed by atoms with Crippen LogP contribution >= 0.6 is 35.8 Å². The van der Waals surface area contributed by atoms with Crippen LogP contribution in [0.3, 0.4) is 0 Å². The molecule has 3 atom stereocenters. The molecule has 0 aliphatic carbocycles. The van der Waals surface area contributed by atoms with Crippen molar-refractivity contribution in [1.29, 1.82) is 0 Å².